The van der Waals surface area contributed by atoms with Crippen molar-refractivity contribution in [2.24, 2.45) is 0 Å². The summed E-state index contributed by atoms with van der Waals surface area (Å²) >= 11 is 0. The number of carbonyl (C=O) groups excluding carboxylic acids is 1. The lowest BCUT2D eigenvalue weighted by Gasteiger charge is -2.12. The number of aromatic nitrogens is 4. The van der Waals surface area contributed by atoms with E-state index in [2.05, 4.69) is 20.3 Å². The summed E-state index contributed by atoms with van der Waals surface area (Å²) in [5, 5.41) is 10.6. The first-order chi connectivity index (χ1) is 12.6. The summed E-state index contributed by atoms with van der Waals surface area (Å²) in [5.41, 5.74) is 1.58. The summed E-state index contributed by atoms with van der Waals surface area (Å²) in [6, 6.07) is 7.50. The van der Waals surface area contributed by atoms with Gasteiger partial charge in [0.05, 0.1) is 12.3 Å². The Kier molecular flexibility index (Phi) is 5.37. The molecule has 0 aliphatic heterocycles. The van der Waals surface area contributed by atoms with Gasteiger partial charge in [0.2, 0.25) is 5.89 Å². The lowest BCUT2D eigenvalue weighted by atomic mass is 10.1. The summed E-state index contributed by atoms with van der Waals surface area (Å²) in [4.78, 5) is 18.2. The first-order valence-electron chi connectivity index (χ1n) is 7.94. The van der Waals surface area contributed by atoms with Crippen molar-refractivity contribution in [3.05, 3.63) is 53.6 Å². The van der Waals surface area contributed by atoms with Crippen molar-refractivity contribution in [1.82, 2.24) is 25.2 Å². The van der Waals surface area contributed by atoms with Crippen LogP contribution in [-0.4, -0.2) is 51.9 Å². The van der Waals surface area contributed by atoms with Crippen LogP contribution < -0.4 is 0 Å². The molecule has 1 aromatic carbocycles. The second kappa shape index (κ2) is 7.87. The number of carbonyl (C=O) groups is 1. The van der Waals surface area contributed by atoms with E-state index in [1.54, 1.807) is 32.4 Å². The molecule has 0 fully saturated rings. The number of nitrogens with one attached hydrogen (secondary N) is 1. The van der Waals surface area contributed by atoms with Crippen LogP contribution in [0, 0.1) is 5.82 Å². The van der Waals surface area contributed by atoms with E-state index in [9.17, 15) is 9.18 Å². The molecule has 9 heteroatoms. The summed E-state index contributed by atoms with van der Waals surface area (Å²) in [6.45, 7) is 0.664. The number of ether oxygens (including phenoxy) is 1. The highest BCUT2D eigenvalue weighted by molar-refractivity contribution is 5.93. The largest absolute Gasteiger partial charge is 0.384 e. The summed E-state index contributed by atoms with van der Waals surface area (Å²) in [6.07, 6.45) is 0.541. The molecule has 1 amide bonds. The zero-order valence-electron chi connectivity index (χ0n) is 14.4. The smallest absolute Gasteiger partial charge is 0.272 e. The molecule has 0 spiro atoms. The molecule has 2 heterocycles. The van der Waals surface area contributed by atoms with Crippen molar-refractivity contribution in [3.63, 3.8) is 0 Å². The fourth-order valence-electron chi connectivity index (χ4n) is 2.33. The highest BCUT2D eigenvalue weighted by Gasteiger charge is 2.18. The van der Waals surface area contributed by atoms with Crippen LogP contribution in [0.1, 0.15) is 22.2 Å². The van der Waals surface area contributed by atoms with Gasteiger partial charge < -0.3 is 14.2 Å². The van der Waals surface area contributed by atoms with Gasteiger partial charge in [-0.05, 0) is 30.3 Å². The molecule has 0 saturated heterocycles. The summed E-state index contributed by atoms with van der Waals surface area (Å²) in [5.74, 6) is 0.264. The molecule has 136 valence electrons. The van der Waals surface area contributed by atoms with Crippen molar-refractivity contribution in [2.45, 2.75) is 13.0 Å². The third-order valence-electron chi connectivity index (χ3n) is 3.71. The highest BCUT2D eigenvalue weighted by Crippen LogP contribution is 2.18. The van der Waals surface area contributed by atoms with E-state index in [-0.39, 0.29) is 18.3 Å². The molecule has 26 heavy (non-hydrogen) atoms. The van der Waals surface area contributed by atoms with Crippen molar-refractivity contribution in [2.75, 3.05) is 20.8 Å². The Hall–Kier alpha value is -3.07. The monoisotopic (exact) mass is 359 g/mol. The van der Waals surface area contributed by atoms with E-state index < -0.39 is 0 Å². The van der Waals surface area contributed by atoms with E-state index in [1.807, 2.05) is 0 Å². The van der Waals surface area contributed by atoms with E-state index in [1.165, 1.54) is 17.0 Å². The molecule has 0 radical (unpaired) electrons. The number of H-pyrrole nitrogens is 1. The Morgan fingerprint density at radius 2 is 2.12 bits per heavy atom. The highest BCUT2D eigenvalue weighted by atomic mass is 19.1. The minimum Gasteiger partial charge on any atom is -0.384 e. The van der Waals surface area contributed by atoms with Crippen LogP contribution in [0.2, 0.25) is 0 Å². The number of hydrogen-bond donors (Lipinski definition) is 1. The Labute approximate surface area is 149 Å². The molecule has 3 aromatic rings. The molecule has 0 aliphatic rings. The minimum atomic E-state index is -0.329. The van der Waals surface area contributed by atoms with Gasteiger partial charge in [-0.2, -0.15) is 10.1 Å². The first-order valence-corrected chi connectivity index (χ1v) is 7.94. The van der Waals surface area contributed by atoms with E-state index in [4.69, 9.17) is 9.26 Å². The molecule has 8 nitrogen and oxygen atoms in total. The van der Waals surface area contributed by atoms with Crippen molar-refractivity contribution in [1.29, 1.82) is 0 Å². The fraction of sp³-hybridized carbons (Fsp3) is 0.294. The zero-order valence-corrected chi connectivity index (χ0v) is 14.4. The van der Waals surface area contributed by atoms with Crippen LogP contribution >= 0.6 is 0 Å². The molecule has 0 atom stereocenters. The molecule has 2 aromatic heterocycles. The quantitative estimate of drug-likeness (QED) is 0.693. The average molecular weight is 359 g/mol. The number of halogens is 1. The average Bonchev–Trinajstić information content (AvgIpc) is 3.29. The van der Waals surface area contributed by atoms with Gasteiger partial charge in [0.15, 0.2) is 5.82 Å². The van der Waals surface area contributed by atoms with Gasteiger partial charge >= 0.3 is 0 Å². The minimum absolute atomic E-state index is 0.170. The third-order valence-corrected chi connectivity index (χ3v) is 3.71. The number of nitrogens with zero attached hydrogens (tertiary/aromatic N) is 4. The van der Waals surface area contributed by atoms with Crippen LogP contribution in [0.25, 0.3) is 11.3 Å². The normalized spacial score (nSPS) is 10.9. The van der Waals surface area contributed by atoms with Crippen molar-refractivity contribution >= 4 is 5.91 Å². The maximum absolute atomic E-state index is 13.0. The maximum Gasteiger partial charge on any atom is 0.272 e. The zero-order chi connectivity index (χ0) is 18.5. The number of amides is 1. The molecular weight excluding hydrogens is 341 g/mol. The summed E-state index contributed by atoms with van der Waals surface area (Å²) in [7, 11) is 3.22. The predicted molar refractivity (Wildman–Crippen MR) is 89.7 cm³/mol. The number of rotatable bonds is 7. The van der Waals surface area contributed by atoms with Gasteiger partial charge in [0.1, 0.15) is 18.1 Å². The lowest BCUT2D eigenvalue weighted by Crippen LogP contribution is -2.26. The molecule has 0 saturated carbocycles. The molecule has 0 aliphatic carbocycles. The van der Waals surface area contributed by atoms with Crippen LogP contribution in [0.3, 0.4) is 0 Å². The van der Waals surface area contributed by atoms with E-state index >= 15 is 0 Å². The van der Waals surface area contributed by atoms with E-state index in [0.29, 0.717) is 41.7 Å². The molecule has 1 N–H and O–H groups in total. The van der Waals surface area contributed by atoms with Crippen LogP contribution in [0.15, 0.2) is 34.9 Å². The predicted octanol–water partition coefficient (Wildman–Crippen LogP) is 2.06. The van der Waals surface area contributed by atoms with Gasteiger partial charge in [0.25, 0.3) is 5.91 Å². The second-order valence-electron chi connectivity index (χ2n) is 5.68. The number of benzene rings is 1. The fourth-order valence-corrected chi connectivity index (χ4v) is 2.33. The molecular formula is C17H18FN5O3. The SMILES string of the molecule is COCCc1noc(CN(C)C(=O)c2cc(-c3ccc(F)cc3)n[nH]2)n1. The Bertz CT molecular complexity index is 875. The van der Waals surface area contributed by atoms with Gasteiger partial charge in [-0.15, -0.1) is 0 Å². The second-order valence-corrected chi connectivity index (χ2v) is 5.68. The van der Waals surface area contributed by atoms with Gasteiger partial charge in [0, 0.05) is 26.1 Å². The molecule has 3 rings (SSSR count). The van der Waals surface area contributed by atoms with Gasteiger partial charge in [-0.3, -0.25) is 9.89 Å². The topological polar surface area (TPSA) is 97.1 Å². The number of methoxy groups -OCH3 is 1. The number of aromatic amines is 1. The van der Waals surface area contributed by atoms with Gasteiger partial charge in [-0.1, -0.05) is 5.16 Å². The van der Waals surface area contributed by atoms with Crippen LogP contribution in [-0.2, 0) is 17.7 Å². The molecule has 0 bridgehead atoms. The Balaban J connectivity index is 1.65. The molecule has 0 unspecified atom stereocenters. The van der Waals surface area contributed by atoms with Crippen LogP contribution in [0.5, 0.6) is 0 Å². The standard InChI is InChI=1S/C17H18FN5O3/c1-23(10-16-19-15(22-26-16)7-8-25-2)17(24)14-9-13(20-21-14)11-3-5-12(18)6-4-11/h3-6,9H,7-8,10H2,1-2H3,(H,20,21). The summed E-state index contributed by atoms with van der Waals surface area (Å²) < 4.78 is 23.1. The van der Waals surface area contributed by atoms with E-state index in [0.717, 1.165) is 0 Å². The van der Waals surface area contributed by atoms with Crippen molar-refractivity contribution < 1.29 is 18.4 Å². The number of hydrogen-bond acceptors (Lipinski definition) is 6. The van der Waals surface area contributed by atoms with Crippen molar-refractivity contribution in [3.8, 4) is 11.3 Å². The Morgan fingerprint density at radius 3 is 2.85 bits per heavy atom. The first kappa shape index (κ1) is 17.7. The van der Waals surface area contributed by atoms with Crippen LogP contribution in [0.4, 0.5) is 4.39 Å². The van der Waals surface area contributed by atoms with Gasteiger partial charge in [-0.25, -0.2) is 4.39 Å². The maximum atomic E-state index is 13.0. The Morgan fingerprint density at radius 1 is 1.35 bits per heavy atom. The third kappa shape index (κ3) is 4.12. The lowest BCUT2D eigenvalue weighted by molar-refractivity contribution is 0.0763.